The number of hydrogen-bond donors (Lipinski definition) is 1. The molecular formula is C9H17NO3. The van der Waals surface area contributed by atoms with E-state index in [1.165, 1.54) is 0 Å². The van der Waals surface area contributed by atoms with Crippen molar-refractivity contribution >= 4 is 5.97 Å². The lowest BCUT2D eigenvalue weighted by molar-refractivity contribution is -0.160. The molecule has 0 amide bonds. The highest BCUT2D eigenvalue weighted by atomic mass is 16.6. The van der Waals surface area contributed by atoms with Crippen LogP contribution in [0.3, 0.4) is 0 Å². The topological polar surface area (TPSA) is 61.5 Å². The summed E-state index contributed by atoms with van der Waals surface area (Å²) in [4.78, 5) is 11.5. The second kappa shape index (κ2) is 3.64. The van der Waals surface area contributed by atoms with Gasteiger partial charge in [-0.1, -0.05) is 0 Å². The fourth-order valence-electron chi connectivity index (χ4n) is 1.19. The van der Waals surface area contributed by atoms with Gasteiger partial charge in [0.15, 0.2) is 0 Å². The first-order valence-corrected chi connectivity index (χ1v) is 4.46. The predicted octanol–water partition coefficient (Wildman–Crippen LogP) is 0.302. The van der Waals surface area contributed by atoms with Crippen LogP contribution in [0.25, 0.3) is 0 Å². The molecule has 2 N–H and O–H groups in total. The van der Waals surface area contributed by atoms with Crippen molar-refractivity contribution in [3.05, 3.63) is 0 Å². The summed E-state index contributed by atoms with van der Waals surface area (Å²) in [5.74, 6) is -0.545. The molecule has 0 radical (unpaired) electrons. The molecule has 0 aromatic carbocycles. The van der Waals surface area contributed by atoms with Gasteiger partial charge in [0.05, 0.1) is 19.1 Å². The van der Waals surface area contributed by atoms with Crippen molar-refractivity contribution < 1.29 is 14.3 Å². The first-order valence-electron chi connectivity index (χ1n) is 4.46. The largest absolute Gasteiger partial charge is 0.460 e. The van der Waals surface area contributed by atoms with E-state index in [-0.39, 0.29) is 17.9 Å². The molecule has 0 spiro atoms. The lowest BCUT2D eigenvalue weighted by Crippen LogP contribution is -2.38. The van der Waals surface area contributed by atoms with E-state index in [0.717, 1.165) is 0 Å². The van der Waals surface area contributed by atoms with Crippen molar-refractivity contribution in [3.63, 3.8) is 0 Å². The molecule has 2 atom stereocenters. The van der Waals surface area contributed by atoms with Crippen molar-refractivity contribution in [2.24, 2.45) is 11.7 Å². The highest BCUT2D eigenvalue weighted by Gasteiger charge is 2.34. The molecule has 1 aliphatic heterocycles. The number of esters is 1. The van der Waals surface area contributed by atoms with E-state index in [4.69, 9.17) is 15.2 Å². The maximum absolute atomic E-state index is 11.5. The number of hydrogen-bond acceptors (Lipinski definition) is 4. The van der Waals surface area contributed by atoms with Crippen LogP contribution in [0.4, 0.5) is 0 Å². The van der Waals surface area contributed by atoms with Gasteiger partial charge in [-0.25, -0.2) is 0 Å². The van der Waals surface area contributed by atoms with E-state index in [1.54, 1.807) is 0 Å². The van der Waals surface area contributed by atoms with Gasteiger partial charge in [-0.15, -0.1) is 0 Å². The van der Waals surface area contributed by atoms with Gasteiger partial charge in [0.1, 0.15) is 5.60 Å². The van der Waals surface area contributed by atoms with Crippen LogP contribution in [0.2, 0.25) is 0 Å². The summed E-state index contributed by atoms with van der Waals surface area (Å²) in [6, 6.07) is -0.213. The molecule has 1 rings (SSSR count). The van der Waals surface area contributed by atoms with Crippen molar-refractivity contribution in [1.29, 1.82) is 0 Å². The summed E-state index contributed by atoms with van der Waals surface area (Å²) >= 11 is 0. The molecule has 0 aromatic heterocycles. The summed E-state index contributed by atoms with van der Waals surface area (Å²) in [7, 11) is 0. The number of carbonyl (C=O) groups is 1. The van der Waals surface area contributed by atoms with E-state index < -0.39 is 5.60 Å². The molecule has 4 heteroatoms. The SMILES string of the molecule is CC(C)(C)OC(=O)[C@@H]1COC[C@@H]1N. The van der Waals surface area contributed by atoms with Crippen LogP contribution in [0.15, 0.2) is 0 Å². The van der Waals surface area contributed by atoms with Gasteiger partial charge >= 0.3 is 5.97 Å². The lowest BCUT2D eigenvalue weighted by atomic mass is 10.0. The fraction of sp³-hybridized carbons (Fsp3) is 0.889. The van der Waals surface area contributed by atoms with E-state index in [1.807, 2.05) is 20.8 Å². The van der Waals surface area contributed by atoms with Gasteiger partial charge in [0.2, 0.25) is 0 Å². The summed E-state index contributed by atoms with van der Waals surface area (Å²) in [6.45, 7) is 6.35. The van der Waals surface area contributed by atoms with Crippen LogP contribution in [-0.4, -0.2) is 30.8 Å². The van der Waals surface area contributed by atoms with E-state index in [2.05, 4.69) is 0 Å². The Balaban J connectivity index is 2.48. The molecular weight excluding hydrogens is 170 g/mol. The zero-order chi connectivity index (χ0) is 10.1. The third-order valence-corrected chi connectivity index (χ3v) is 1.83. The van der Waals surface area contributed by atoms with Crippen molar-refractivity contribution in [1.82, 2.24) is 0 Å². The summed E-state index contributed by atoms with van der Waals surface area (Å²) < 4.78 is 10.3. The van der Waals surface area contributed by atoms with Crippen LogP contribution >= 0.6 is 0 Å². The molecule has 1 aliphatic rings. The highest BCUT2D eigenvalue weighted by Crippen LogP contribution is 2.17. The first kappa shape index (κ1) is 10.5. The monoisotopic (exact) mass is 187 g/mol. The van der Waals surface area contributed by atoms with Gasteiger partial charge in [-0.05, 0) is 20.8 Å². The number of ether oxygens (including phenoxy) is 2. The maximum atomic E-state index is 11.5. The molecule has 0 unspecified atom stereocenters. The van der Waals surface area contributed by atoms with Crippen LogP contribution in [-0.2, 0) is 14.3 Å². The zero-order valence-corrected chi connectivity index (χ0v) is 8.37. The first-order chi connectivity index (χ1) is 5.90. The predicted molar refractivity (Wildman–Crippen MR) is 48.1 cm³/mol. The van der Waals surface area contributed by atoms with Crippen molar-refractivity contribution in [2.45, 2.75) is 32.4 Å². The van der Waals surface area contributed by atoms with Gasteiger partial charge in [0, 0.05) is 6.04 Å². The average Bonchev–Trinajstić information content (AvgIpc) is 2.30. The smallest absolute Gasteiger partial charge is 0.313 e. The van der Waals surface area contributed by atoms with Gasteiger partial charge in [-0.2, -0.15) is 0 Å². The minimum Gasteiger partial charge on any atom is -0.460 e. The highest BCUT2D eigenvalue weighted by molar-refractivity contribution is 5.74. The Morgan fingerprint density at radius 1 is 1.46 bits per heavy atom. The summed E-state index contributed by atoms with van der Waals surface area (Å²) in [5, 5.41) is 0. The Morgan fingerprint density at radius 3 is 2.46 bits per heavy atom. The Kier molecular flexibility index (Phi) is 2.93. The van der Waals surface area contributed by atoms with Crippen LogP contribution in [0, 0.1) is 5.92 Å². The third kappa shape index (κ3) is 2.97. The van der Waals surface area contributed by atoms with Crippen LogP contribution in [0.1, 0.15) is 20.8 Å². The molecule has 1 heterocycles. The quantitative estimate of drug-likeness (QED) is 0.600. The second-order valence-corrected chi connectivity index (χ2v) is 4.34. The Hall–Kier alpha value is -0.610. The van der Waals surface area contributed by atoms with E-state index >= 15 is 0 Å². The molecule has 0 aliphatic carbocycles. The van der Waals surface area contributed by atoms with Crippen LogP contribution < -0.4 is 5.73 Å². The van der Waals surface area contributed by atoms with Gasteiger partial charge < -0.3 is 15.2 Å². The van der Waals surface area contributed by atoms with Gasteiger partial charge in [-0.3, -0.25) is 4.79 Å². The number of rotatable bonds is 1. The lowest BCUT2D eigenvalue weighted by Gasteiger charge is -2.22. The normalized spacial score (nSPS) is 28.9. The molecule has 13 heavy (non-hydrogen) atoms. The minimum absolute atomic E-state index is 0.213. The molecule has 76 valence electrons. The van der Waals surface area contributed by atoms with Crippen LogP contribution in [0.5, 0.6) is 0 Å². The standard InChI is InChI=1S/C9H17NO3/c1-9(2,3)13-8(11)6-4-12-5-7(6)10/h6-7H,4-5,10H2,1-3H3/t6-,7+/m1/s1. The molecule has 1 saturated heterocycles. The van der Waals surface area contributed by atoms with E-state index in [9.17, 15) is 4.79 Å². The molecule has 1 fully saturated rings. The second-order valence-electron chi connectivity index (χ2n) is 4.34. The molecule has 0 aromatic rings. The summed E-state index contributed by atoms with van der Waals surface area (Å²) in [6.07, 6.45) is 0. The zero-order valence-electron chi connectivity index (χ0n) is 8.37. The Bertz CT molecular complexity index is 198. The third-order valence-electron chi connectivity index (χ3n) is 1.83. The molecule has 0 bridgehead atoms. The number of nitrogens with two attached hydrogens (primary N) is 1. The Labute approximate surface area is 78.4 Å². The minimum atomic E-state index is -0.445. The average molecular weight is 187 g/mol. The van der Waals surface area contributed by atoms with Crippen molar-refractivity contribution in [2.75, 3.05) is 13.2 Å². The van der Waals surface area contributed by atoms with Gasteiger partial charge in [0.25, 0.3) is 0 Å². The number of carbonyl (C=O) groups excluding carboxylic acids is 1. The molecule has 4 nitrogen and oxygen atoms in total. The summed E-state index contributed by atoms with van der Waals surface area (Å²) in [5.41, 5.74) is 5.23. The molecule has 0 saturated carbocycles. The fourth-order valence-corrected chi connectivity index (χ4v) is 1.19. The Morgan fingerprint density at radius 2 is 2.08 bits per heavy atom. The van der Waals surface area contributed by atoms with Crippen molar-refractivity contribution in [3.8, 4) is 0 Å². The maximum Gasteiger partial charge on any atom is 0.313 e. The van der Waals surface area contributed by atoms with E-state index in [0.29, 0.717) is 13.2 Å².